The van der Waals surface area contributed by atoms with Crippen LogP contribution in [0.2, 0.25) is 0 Å². The molecule has 0 aromatic heterocycles. The average molecular weight is 1570 g/mol. The highest BCUT2D eigenvalue weighted by Gasteiger charge is 2.30. The summed E-state index contributed by atoms with van der Waals surface area (Å²) in [7, 11) is -10.0. The first-order valence-electron chi connectivity index (χ1n) is 41.3. The molecule has 0 aromatic rings. The van der Waals surface area contributed by atoms with Crippen LogP contribution in [0.4, 0.5) is 0 Å². The molecule has 0 aliphatic rings. The molecule has 110 heavy (non-hydrogen) atoms. The maximum Gasteiger partial charge on any atom is 0.472 e. The number of ether oxygens (including phenoxy) is 4. The molecule has 0 fully saturated rings. The van der Waals surface area contributed by atoms with Crippen molar-refractivity contribution in [2.24, 2.45) is 0 Å². The first kappa shape index (κ1) is 104. The molecular formula is C91H144O17P2. The molecule has 0 heterocycles. The van der Waals surface area contributed by atoms with Crippen molar-refractivity contribution in [1.82, 2.24) is 0 Å². The summed E-state index contributed by atoms with van der Waals surface area (Å²) >= 11 is 0. The van der Waals surface area contributed by atoms with E-state index in [9.17, 15) is 43.2 Å². The van der Waals surface area contributed by atoms with E-state index in [0.29, 0.717) is 38.5 Å². The first-order chi connectivity index (χ1) is 53.7. The molecule has 0 aromatic carbocycles. The topological polar surface area (TPSA) is 237 Å². The third-order valence-electron chi connectivity index (χ3n) is 16.2. The Hall–Kier alpha value is -6.36. The minimum Gasteiger partial charge on any atom is -0.462 e. The van der Waals surface area contributed by atoms with E-state index < -0.39 is 97.5 Å². The van der Waals surface area contributed by atoms with Crippen molar-refractivity contribution in [2.45, 2.75) is 303 Å². The van der Waals surface area contributed by atoms with Crippen LogP contribution in [0.15, 0.2) is 207 Å². The van der Waals surface area contributed by atoms with Crippen molar-refractivity contribution in [1.29, 1.82) is 0 Å². The highest BCUT2D eigenvalue weighted by molar-refractivity contribution is 7.47. The lowest BCUT2D eigenvalue weighted by Crippen LogP contribution is -2.30. The maximum absolute atomic E-state index is 13.1. The van der Waals surface area contributed by atoms with Crippen LogP contribution >= 0.6 is 15.6 Å². The van der Waals surface area contributed by atoms with Gasteiger partial charge in [0.15, 0.2) is 12.2 Å². The fourth-order valence-electron chi connectivity index (χ4n) is 10.0. The van der Waals surface area contributed by atoms with E-state index >= 15 is 0 Å². The zero-order valence-corrected chi connectivity index (χ0v) is 69.6. The van der Waals surface area contributed by atoms with Crippen LogP contribution in [-0.4, -0.2) is 96.7 Å². The van der Waals surface area contributed by atoms with Crippen molar-refractivity contribution in [3.63, 3.8) is 0 Å². The maximum atomic E-state index is 13.1. The number of aliphatic hydroxyl groups is 1. The lowest BCUT2D eigenvalue weighted by atomic mass is 10.1. The third-order valence-corrected chi connectivity index (χ3v) is 18.1. The van der Waals surface area contributed by atoms with E-state index in [1.54, 1.807) is 0 Å². The summed E-state index contributed by atoms with van der Waals surface area (Å²) in [5.74, 6) is -2.44. The van der Waals surface area contributed by atoms with E-state index in [2.05, 4.69) is 198 Å². The lowest BCUT2D eigenvalue weighted by molar-refractivity contribution is -0.161. The number of aliphatic hydroxyl groups excluding tert-OH is 1. The standard InChI is InChI=1S/C91H144O17P2/c1-5-9-13-17-21-25-29-33-36-39-42-45-48-52-55-59-63-67-71-75-88(93)101-81-86(107-90(95)77-73-69-65-61-57-51-32-28-24-20-16-12-8-4)83-105-109(97,98)103-79-85(92)80-104-110(99,100)106-84-87(108-91(96)78-74-70-66-62-58-54-50-47-44-41-38-35-31-27-23-19-15-11-7-3)82-102-89(94)76-72-68-64-60-56-53-49-46-43-40-37-34-30-26-22-18-14-10-6-2/h9,11,13,15,21-23,25-28,32-38,42-47,52-56,58,63-64,67-68,85-87,92H,5-8,10,12,14,16-20,24,29-31,39-41,48-51,57,59-62,65-66,69-84H2,1-4H3,(H,97,98)(H,99,100)/b13-9-,15-11-,25-21-,26-22-,27-23-,32-28-,36-33-,37-34-,38-35-,45-42-,46-43-,47-44-,55-52-,56-53-,58-54-,67-63-,68-64-/t85-,86-,87-/m1/s1. The average Bonchev–Trinajstić information content (AvgIpc) is 0.942. The van der Waals surface area contributed by atoms with E-state index in [1.165, 1.54) is 44.9 Å². The fraction of sp³-hybridized carbons (Fsp3) is 0.582. The molecule has 0 rings (SSSR count). The molecule has 0 radical (unpaired) electrons. The van der Waals surface area contributed by atoms with Gasteiger partial charge in [0.2, 0.25) is 0 Å². The molecule has 0 saturated carbocycles. The van der Waals surface area contributed by atoms with Crippen LogP contribution in [0.5, 0.6) is 0 Å². The molecule has 0 spiro atoms. The predicted octanol–water partition coefficient (Wildman–Crippen LogP) is 24.7. The highest BCUT2D eigenvalue weighted by atomic mass is 31.2. The molecule has 0 aliphatic heterocycles. The molecule has 3 N–H and O–H groups in total. The van der Waals surface area contributed by atoms with Crippen LogP contribution in [-0.2, 0) is 65.4 Å². The molecule has 0 bridgehead atoms. The summed E-state index contributed by atoms with van der Waals surface area (Å²) < 4.78 is 68.5. The van der Waals surface area contributed by atoms with Gasteiger partial charge in [0.05, 0.1) is 26.4 Å². The number of esters is 4. The second kappa shape index (κ2) is 80.7. The molecule has 5 atom stereocenters. The van der Waals surface area contributed by atoms with Crippen molar-refractivity contribution < 1.29 is 80.2 Å². The number of rotatable bonds is 75. The third kappa shape index (κ3) is 79.7. The number of carbonyl (C=O) groups is 4. The SMILES string of the molecule is CC/C=C\C/C=C\C/C=C\C/C=C\C/C=C\C/C=C\CCC(=O)OC[C@H](COP(=O)(O)OC[C@@H](O)COP(=O)(O)OC[C@@H](COC(=O)CC/C=C\C/C=C\C/C=C\C/C=C\C/C=C\CCCCC)OC(=O)CCCCC/C=C\C/C=C\C/C=C\C/C=C\C/C=C\CC)OC(=O)CCCCCCC/C=C\CCCCCC. The Bertz CT molecular complexity index is 2900. The van der Waals surface area contributed by atoms with Crippen LogP contribution in [0, 0.1) is 0 Å². The molecule has 19 heteroatoms. The van der Waals surface area contributed by atoms with Crippen molar-refractivity contribution in [3.05, 3.63) is 207 Å². The molecule has 0 aliphatic carbocycles. The molecule has 0 amide bonds. The normalized spacial score (nSPS) is 14.9. The monoisotopic (exact) mass is 1570 g/mol. The summed E-state index contributed by atoms with van der Waals surface area (Å²) in [6, 6.07) is 0. The zero-order chi connectivity index (χ0) is 80.3. The van der Waals surface area contributed by atoms with Crippen LogP contribution in [0.3, 0.4) is 0 Å². The van der Waals surface area contributed by atoms with E-state index in [1.807, 2.05) is 36.5 Å². The first-order valence-corrected chi connectivity index (χ1v) is 44.3. The number of allylic oxidation sites excluding steroid dienone is 34. The number of hydrogen-bond acceptors (Lipinski definition) is 15. The smallest absolute Gasteiger partial charge is 0.462 e. The number of unbranched alkanes of at least 4 members (excludes halogenated alkanes) is 15. The number of phosphoric ester groups is 2. The Balaban J connectivity index is 5.56. The second-order valence-electron chi connectivity index (χ2n) is 26.6. The second-order valence-corrected chi connectivity index (χ2v) is 29.5. The minimum absolute atomic E-state index is 0.0203. The number of phosphoric acid groups is 2. The van der Waals surface area contributed by atoms with Gasteiger partial charge in [-0.3, -0.25) is 37.3 Å². The van der Waals surface area contributed by atoms with Gasteiger partial charge in [-0.15, -0.1) is 0 Å². The Morgan fingerprint density at radius 3 is 0.800 bits per heavy atom. The van der Waals surface area contributed by atoms with Crippen LogP contribution < -0.4 is 0 Å². The summed E-state index contributed by atoms with van der Waals surface area (Å²) in [6.07, 6.45) is 101. The number of hydrogen-bond donors (Lipinski definition) is 3. The largest absolute Gasteiger partial charge is 0.472 e. The van der Waals surface area contributed by atoms with E-state index in [0.717, 1.165) is 148 Å². The summed E-state index contributed by atoms with van der Waals surface area (Å²) in [5, 5.41) is 10.7. The van der Waals surface area contributed by atoms with E-state index in [-0.39, 0.29) is 25.7 Å². The minimum atomic E-state index is -5.02. The van der Waals surface area contributed by atoms with Gasteiger partial charge in [-0.1, -0.05) is 292 Å². The molecular weight excluding hydrogens is 1430 g/mol. The van der Waals surface area contributed by atoms with Gasteiger partial charge in [-0.2, -0.15) is 0 Å². The van der Waals surface area contributed by atoms with Crippen LogP contribution in [0.25, 0.3) is 0 Å². The van der Waals surface area contributed by atoms with Gasteiger partial charge in [-0.25, -0.2) is 9.13 Å². The van der Waals surface area contributed by atoms with E-state index in [4.69, 9.17) is 37.0 Å². The van der Waals surface area contributed by atoms with Crippen molar-refractivity contribution >= 4 is 39.5 Å². The molecule has 620 valence electrons. The van der Waals surface area contributed by atoms with Crippen LogP contribution in [0.1, 0.15) is 285 Å². The number of carbonyl (C=O) groups excluding carboxylic acids is 4. The molecule has 2 unspecified atom stereocenters. The summed E-state index contributed by atoms with van der Waals surface area (Å²) in [4.78, 5) is 73.1. The van der Waals surface area contributed by atoms with Gasteiger partial charge in [0, 0.05) is 25.7 Å². The zero-order valence-electron chi connectivity index (χ0n) is 67.8. The Labute approximate surface area is 665 Å². The Kier molecular flexibility index (Phi) is 76.0. The van der Waals surface area contributed by atoms with Gasteiger partial charge < -0.3 is 33.8 Å². The van der Waals surface area contributed by atoms with Gasteiger partial charge in [-0.05, 0) is 173 Å². The van der Waals surface area contributed by atoms with Gasteiger partial charge in [0.25, 0.3) is 0 Å². The van der Waals surface area contributed by atoms with Crippen molar-refractivity contribution in [3.8, 4) is 0 Å². The molecule has 0 saturated heterocycles. The predicted molar refractivity (Wildman–Crippen MR) is 454 cm³/mol. The molecule has 17 nitrogen and oxygen atoms in total. The van der Waals surface area contributed by atoms with Gasteiger partial charge >= 0.3 is 39.5 Å². The fourth-order valence-corrected chi connectivity index (χ4v) is 11.6. The quantitative estimate of drug-likeness (QED) is 0.0169. The summed E-state index contributed by atoms with van der Waals surface area (Å²) in [5.41, 5.74) is 0. The Morgan fingerprint density at radius 2 is 0.491 bits per heavy atom. The lowest BCUT2D eigenvalue weighted by Gasteiger charge is -2.21. The van der Waals surface area contributed by atoms with Gasteiger partial charge in [0.1, 0.15) is 19.3 Å². The summed E-state index contributed by atoms with van der Waals surface area (Å²) in [6.45, 7) is 4.36. The van der Waals surface area contributed by atoms with Crippen molar-refractivity contribution in [2.75, 3.05) is 39.6 Å². The highest BCUT2D eigenvalue weighted by Crippen LogP contribution is 2.45. The Morgan fingerprint density at radius 1 is 0.264 bits per heavy atom.